The number of nitrogens with one attached hydrogen (secondary N) is 1. The summed E-state index contributed by atoms with van der Waals surface area (Å²) in [6.45, 7) is 4.15. The quantitative estimate of drug-likeness (QED) is 0.497. The molecule has 0 aliphatic heterocycles. The Bertz CT molecular complexity index is 377. The third kappa shape index (κ3) is 4.00. The van der Waals surface area contributed by atoms with Gasteiger partial charge >= 0.3 is 0 Å². The molecular weight excluding hydrogens is 313 g/mol. The number of nitrogens with two attached hydrogens (primary N) is 1. The van der Waals surface area contributed by atoms with Crippen LogP contribution in [0.3, 0.4) is 0 Å². The molecule has 0 aromatic heterocycles. The standard InChI is InChI=1S/C12H17N3.HI/c1-8-5-9(2)7-11(6-8)15-12(13)14-10-3-4-10;/h5-7,10H,3-4H2,1-2H3,(H3,13,14,15);1H. The molecule has 0 amide bonds. The molecule has 0 spiro atoms. The maximum Gasteiger partial charge on any atom is 0.193 e. The highest BCUT2D eigenvalue weighted by Crippen LogP contribution is 2.23. The second-order valence-corrected chi connectivity index (χ2v) is 4.25. The van der Waals surface area contributed by atoms with E-state index in [9.17, 15) is 0 Å². The third-order valence-corrected chi connectivity index (χ3v) is 2.36. The molecule has 1 saturated carbocycles. The van der Waals surface area contributed by atoms with Gasteiger partial charge in [0.05, 0.1) is 6.04 Å². The minimum absolute atomic E-state index is 0. The fourth-order valence-electron chi connectivity index (χ4n) is 1.63. The van der Waals surface area contributed by atoms with E-state index in [0.29, 0.717) is 12.0 Å². The molecule has 0 saturated heterocycles. The van der Waals surface area contributed by atoms with Gasteiger partial charge in [-0.3, -0.25) is 0 Å². The van der Waals surface area contributed by atoms with Gasteiger partial charge in [0.1, 0.15) is 0 Å². The van der Waals surface area contributed by atoms with E-state index in [1.54, 1.807) is 0 Å². The first-order valence-electron chi connectivity index (χ1n) is 5.32. The first-order valence-corrected chi connectivity index (χ1v) is 5.32. The van der Waals surface area contributed by atoms with Crippen molar-refractivity contribution in [2.45, 2.75) is 32.7 Å². The number of halogens is 1. The predicted octanol–water partition coefficient (Wildman–Crippen LogP) is 2.81. The van der Waals surface area contributed by atoms with Crippen molar-refractivity contribution in [1.82, 2.24) is 0 Å². The summed E-state index contributed by atoms with van der Waals surface area (Å²) < 4.78 is 0. The molecule has 0 unspecified atom stereocenters. The molecular formula is C12H18IN3. The number of aryl methyl sites for hydroxylation is 2. The molecule has 1 fully saturated rings. The first kappa shape index (κ1) is 13.3. The number of guanidine groups is 1. The summed E-state index contributed by atoms with van der Waals surface area (Å²) >= 11 is 0. The summed E-state index contributed by atoms with van der Waals surface area (Å²) in [5.41, 5.74) is 9.27. The molecule has 4 heteroatoms. The Morgan fingerprint density at radius 2 is 1.81 bits per heavy atom. The van der Waals surface area contributed by atoms with Gasteiger partial charge in [-0.25, -0.2) is 4.99 Å². The molecule has 2 rings (SSSR count). The SMILES string of the molecule is Cc1cc(C)cc(NC(N)=NC2CC2)c1.I. The zero-order valence-electron chi connectivity index (χ0n) is 9.66. The lowest BCUT2D eigenvalue weighted by Gasteiger charge is -2.07. The molecule has 0 radical (unpaired) electrons. The molecule has 1 aliphatic carbocycles. The molecule has 1 aromatic carbocycles. The second-order valence-electron chi connectivity index (χ2n) is 4.25. The molecule has 1 aromatic rings. The Morgan fingerprint density at radius 3 is 2.31 bits per heavy atom. The van der Waals surface area contributed by atoms with Gasteiger partial charge in [-0.15, -0.1) is 24.0 Å². The summed E-state index contributed by atoms with van der Waals surface area (Å²) in [6.07, 6.45) is 2.35. The lowest BCUT2D eigenvalue weighted by atomic mass is 10.1. The summed E-state index contributed by atoms with van der Waals surface area (Å²) in [5, 5.41) is 3.12. The lowest BCUT2D eigenvalue weighted by molar-refractivity contribution is 1.06. The van der Waals surface area contributed by atoms with Crippen LogP contribution in [0.1, 0.15) is 24.0 Å². The van der Waals surface area contributed by atoms with Crippen molar-refractivity contribution in [2.75, 3.05) is 5.32 Å². The highest BCUT2D eigenvalue weighted by atomic mass is 127. The number of hydrogen-bond donors (Lipinski definition) is 2. The molecule has 16 heavy (non-hydrogen) atoms. The summed E-state index contributed by atoms with van der Waals surface area (Å²) in [7, 11) is 0. The molecule has 3 nitrogen and oxygen atoms in total. The fourth-order valence-corrected chi connectivity index (χ4v) is 1.63. The number of aliphatic imine (C=N–C) groups is 1. The summed E-state index contributed by atoms with van der Waals surface area (Å²) in [4.78, 5) is 4.33. The average molecular weight is 331 g/mol. The van der Waals surface area contributed by atoms with Crippen LogP contribution in [0, 0.1) is 13.8 Å². The van der Waals surface area contributed by atoms with E-state index in [0.717, 1.165) is 5.69 Å². The fraction of sp³-hybridized carbons (Fsp3) is 0.417. The maximum atomic E-state index is 5.79. The summed E-state index contributed by atoms with van der Waals surface area (Å²) in [5.74, 6) is 0.530. The number of rotatable bonds is 2. The highest BCUT2D eigenvalue weighted by molar-refractivity contribution is 14.0. The van der Waals surface area contributed by atoms with E-state index in [4.69, 9.17) is 5.73 Å². The van der Waals surface area contributed by atoms with Gasteiger partial charge in [0.2, 0.25) is 0 Å². The van der Waals surface area contributed by atoms with Crippen LogP contribution in [-0.2, 0) is 0 Å². The van der Waals surface area contributed by atoms with Crippen LogP contribution in [0.15, 0.2) is 23.2 Å². The molecule has 1 aliphatic rings. The number of benzene rings is 1. The topological polar surface area (TPSA) is 50.4 Å². The van der Waals surface area contributed by atoms with Gasteiger partial charge in [-0.05, 0) is 49.9 Å². The first-order chi connectivity index (χ1) is 7.13. The van der Waals surface area contributed by atoms with Crippen molar-refractivity contribution >= 4 is 35.6 Å². The number of nitrogens with zero attached hydrogens (tertiary/aromatic N) is 1. The minimum atomic E-state index is 0. The van der Waals surface area contributed by atoms with E-state index in [1.165, 1.54) is 24.0 Å². The monoisotopic (exact) mass is 331 g/mol. The predicted molar refractivity (Wildman–Crippen MR) is 79.6 cm³/mol. The molecule has 88 valence electrons. The maximum absolute atomic E-state index is 5.79. The Morgan fingerprint density at radius 1 is 1.25 bits per heavy atom. The van der Waals surface area contributed by atoms with E-state index >= 15 is 0 Å². The van der Waals surface area contributed by atoms with Crippen LogP contribution in [0.5, 0.6) is 0 Å². The average Bonchev–Trinajstić information content (AvgIpc) is 2.85. The van der Waals surface area contributed by atoms with Gasteiger partial charge in [-0.1, -0.05) is 6.07 Å². The minimum Gasteiger partial charge on any atom is -0.370 e. The Labute approximate surface area is 114 Å². The van der Waals surface area contributed by atoms with E-state index in [2.05, 4.69) is 42.4 Å². The zero-order chi connectivity index (χ0) is 10.8. The lowest BCUT2D eigenvalue weighted by Crippen LogP contribution is -2.23. The van der Waals surface area contributed by atoms with Crippen molar-refractivity contribution in [3.05, 3.63) is 29.3 Å². The molecule has 3 N–H and O–H groups in total. The van der Waals surface area contributed by atoms with Gasteiger partial charge in [-0.2, -0.15) is 0 Å². The van der Waals surface area contributed by atoms with Crippen LogP contribution in [0.25, 0.3) is 0 Å². The molecule has 0 heterocycles. The van der Waals surface area contributed by atoms with Crippen molar-refractivity contribution in [1.29, 1.82) is 0 Å². The van der Waals surface area contributed by atoms with Gasteiger partial charge < -0.3 is 11.1 Å². The molecule has 0 atom stereocenters. The Kier molecular flexibility index (Phi) is 4.58. The van der Waals surface area contributed by atoms with Crippen LogP contribution in [-0.4, -0.2) is 12.0 Å². The van der Waals surface area contributed by atoms with Crippen LogP contribution in [0.2, 0.25) is 0 Å². The normalized spacial score (nSPS) is 15.5. The second kappa shape index (κ2) is 5.52. The molecule has 0 bridgehead atoms. The van der Waals surface area contributed by atoms with Crippen LogP contribution < -0.4 is 11.1 Å². The van der Waals surface area contributed by atoms with Crippen LogP contribution >= 0.6 is 24.0 Å². The van der Waals surface area contributed by atoms with Gasteiger partial charge in [0, 0.05) is 5.69 Å². The Hall–Kier alpha value is -0.780. The largest absolute Gasteiger partial charge is 0.370 e. The van der Waals surface area contributed by atoms with E-state index < -0.39 is 0 Å². The smallest absolute Gasteiger partial charge is 0.193 e. The van der Waals surface area contributed by atoms with Crippen molar-refractivity contribution in [3.8, 4) is 0 Å². The van der Waals surface area contributed by atoms with Gasteiger partial charge in [0.15, 0.2) is 5.96 Å². The zero-order valence-corrected chi connectivity index (χ0v) is 12.0. The van der Waals surface area contributed by atoms with Crippen molar-refractivity contribution in [3.63, 3.8) is 0 Å². The van der Waals surface area contributed by atoms with Crippen molar-refractivity contribution in [2.24, 2.45) is 10.7 Å². The Balaban J connectivity index is 0.00000128. The van der Waals surface area contributed by atoms with Gasteiger partial charge in [0.25, 0.3) is 0 Å². The van der Waals surface area contributed by atoms with Crippen molar-refractivity contribution < 1.29 is 0 Å². The highest BCUT2D eigenvalue weighted by Gasteiger charge is 2.20. The van der Waals surface area contributed by atoms with Crippen LogP contribution in [0.4, 0.5) is 5.69 Å². The number of anilines is 1. The third-order valence-electron chi connectivity index (χ3n) is 2.36. The number of hydrogen-bond acceptors (Lipinski definition) is 1. The van der Waals surface area contributed by atoms with E-state index in [-0.39, 0.29) is 24.0 Å². The summed E-state index contributed by atoms with van der Waals surface area (Å²) in [6, 6.07) is 6.74. The van der Waals surface area contributed by atoms with E-state index in [1.807, 2.05) is 0 Å².